The van der Waals surface area contributed by atoms with Crippen molar-refractivity contribution in [3.63, 3.8) is 0 Å². The van der Waals surface area contributed by atoms with E-state index < -0.39 is 10.0 Å². The Labute approximate surface area is 180 Å². The largest absolute Gasteiger partial charge is 0.324 e. The minimum absolute atomic E-state index is 0.0874. The molecule has 2 N–H and O–H groups in total. The van der Waals surface area contributed by atoms with Crippen molar-refractivity contribution >= 4 is 45.0 Å². The lowest BCUT2D eigenvalue weighted by Gasteiger charge is -2.25. The van der Waals surface area contributed by atoms with E-state index >= 15 is 0 Å². The molecule has 0 bridgehead atoms. The van der Waals surface area contributed by atoms with Crippen LogP contribution >= 0.6 is 11.8 Å². The van der Waals surface area contributed by atoms with E-state index in [1.807, 2.05) is 13.0 Å². The maximum atomic E-state index is 12.7. The molecule has 1 atom stereocenters. The molecule has 1 saturated heterocycles. The van der Waals surface area contributed by atoms with E-state index in [0.717, 1.165) is 24.2 Å². The second-order valence-corrected chi connectivity index (χ2v) is 10.7. The van der Waals surface area contributed by atoms with Gasteiger partial charge < -0.3 is 10.6 Å². The summed E-state index contributed by atoms with van der Waals surface area (Å²) in [6, 6.07) is 11.4. The first-order valence-electron chi connectivity index (χ1n) is 9.88. The lowest BCUT2D eigenvalue weighted by atomic mass is 10.1. The number of benzene rings is 2. The van der Waals surface area contributed by atoms with E-state index in [-0.39, 0.29) is 22.0 Å². The van der Waals surface area contributed by atoms with E-state index in [9.17, 15) is 18.0 Å². The Morgan fingerprint density at radius 2 is 1.80 bits per heavy atom. The first-order valence-corrected chi connectivity index (χ1v) is 12.2. The van der Waals surface area contributed by atoms with Crippen LogP contribution in [0.15, 0.2) is 52.3 Å². The molecule has 158 valence electrons. The summed E-state index contributed by atoms with van der Waals surface area (Å²) >= 11 is 1.46. The highest BCUT2D eigenvalue weighted by atomic mass is 32.2. The van der Waals surface area contributed by atoms with Gasteiger partial charge in [0, 0.05) is 29.2 Å². The highest BCUT2D eigenvalue weighted by Crippen LogP contribution is 2.36. The summed E-state index contributed by atoms with van der Waals surface area (Å²) in [7, 11) is -3.50. The normalized spacial score (nSPS) is 19.6. The van der Waals surface area contributed by atoms with Gasteiger partial charge in [-0.05, 0) is 62.2 Å². The Balaban J connectivity index is 1.47. The van der Waals surface area contributed by atoms with Crippen LogP contribution in [0.25, 0.3) is 0 Å². The van der Waals surface area contributed by atoms with Gasteiger partial charge in [0.15, 0.2) is 0 Å². The van der Waals surface area contributed by atoms with Gasteiger partial charge in [-0.15, -0.1) is 11.8 Å². The van der Waals surface area contributed by atoms with Crippen molar-refractivity contribution in [1.82, 2.24) is 4.31 Å². The number of rotatable bonds is 4. The maximum Gasteiger partial charge on any atom is 0.255 e. The number of piperidine rings is 1. The van der Waals surface area contributed by atoms with Gasteiger partial charge >= 0.3 is 0 Å². The van der Waals surface area contributed by atoms with Gasteiger partial charge in [-0.1, -0.05) is 6.42 Å². The second-order valence-electron chi connectivity index (χ2n) is 7.40. The Kier molecular flexibility index (Phi) is 5.86. The van der Waals surface area contributed by atoms with E-state index in [1.54, 1.807) is 24.3 Å². The number of anilines is 2. The average Bonchev–Trinajstić information content (AvgIpc) is 2.75. The number of amides is 2. The van der Waals surface area contributed by atoms with E-state index in [0.29, 0.717) is 30.0 Å². The molecule has 0 saturated carbocycles. The predicted octanol–water partition coefficient (Wildman–Crippen LogP) is 3.55. The molecule has 0 aromatic heterocycles. The van der Waals surface area contributed by atoms with Crippen LogP contribution in [-0.2, 0) is 14.8 Å². The van der Waals surface area contributed by atoms with Crippen LogP contribution in [0.3, 0.4) is 0 Å². The smallest absolute Gasteiger partial charge is 0.255 e. The summed E-state index contributed by atoms with van der Waals surface area (Å²) < 4.78 is 27.0. The van der Waals surface area contributed by atoms with Crippen LogP contribution in [0, 0.1) is 0 Å². The van der Waals surface area contributed by atoms with Crippen LogP contribution in [0.5, 0.6) is 0 Å². The van der Waals surface area contributed by atoms with Crippen LogP contribution in [-0.4, -0.2) is 42.9 Å². The molecule has 2 heterocycles. The molecule has 1 fully saturated rings. The SMILES string of the molecule is CC1Sc2ccc(C(=O)Nc3ccc(S(=O)(=O)N4CCCCC4)cc3)cc2NC1=O. The molecule has 2 aromatic rings. The fourth-order valence-electron chi connectivity index (χ4n) is 3.52. The van der Waals surface area contributed by atoms with E-state index in [1.165, 1.54) is 28.2 Å². The number of carbonyl (C=O) groups is 2. The number of carbonyl (C=O) groups excluding carboxylic acids is 2. The highest BCUT2D eigenvalue weighted by molar-refractivity contribution is 8.01. The Morgan fingerprint density at radius 3 is 2.50 bits per heavy atom. The molecule has 4 rings (SSSR count). The Hall–Kier alpha value is -2.36. The van der Waals surface area contributed by atoms with Gasteiger partial charge in [-0.25, -0.2) is 8.42 Å². The summed E-state index contributed by atoms with van der Waals surface area (Å²) in [5.74, 6) is -0.419. The quantitative estimate of drug-likeness (QED) is 0.750. The molecule has 30 heavy (non-hydrogen) atoms. The summed E-state index contributed by atoms with van der Waals surface area (Å²) in [5, 5.41) is 5.42. The second kappa shape index (κ2) is 8.41. The van der Waals surface area contributed by atoms with Crippen LogP contribution in [0.1, 0.15) is 36.5 Å². The number of hydrogen-bond acceptors (Lipinski definition) is 5. The summed E-state index contributed by atoms with van der Waals surface area (Å²) in [6.07, 6.45) is 2.82. The molecule has 2 aliphatic rings. The summed E-state index contributed by atoms with van der Waals surface area (Å²) in [5.41, 5.74) is 1.54. The standard InChI is InChI=1S/C21H23N3O4S2/c1-14-20(25)23-18-13-15(5-10-19(18)29-14)21(26)22-16-6-8-17(9-7-16)30(27,28)24-11-3-2-4-12-24/h5-10,13-14H,2-4,11-12H2,1H3,(H,22,26)(H,23,25). The topological polar surface area (TPSA) is 95.6 Å². The molecule has 2 aliphatic heterocycles. The minimum Gasteiger partial charge on any atom is -0.324 e. The Bertz CT molecular complexity index is 1080. The van der Waals surface area contributed by atoms with Crippen molar-refractivity contribution in [2.24, 2.45) is 0 Å². The summed E-state index contributed by atoms with van der Waals surface area (Å²) in [4.78, 5) is 25.6. The zero-order valence-electron chi connectivity index (χ0n) is 16.6. The molecule has 0 radical (unpaired) electrons. The molecule has 2 amide bonds. The fourth-order valence-corrected chi connectivity index (χ4v) is 5.97. The van der Waals surface area contributed by atoms with Crippen LogP contribution < -0.4 is 10.6 Å². The number of fused-ring (bicyclic) bond motifs is 1. The van der Waals surface area contributed by atoms with Gasteiger partial charge in [0.05, 0.1) is 15.8 Å². The van der Waals surface area contributed by atoms with Crippen molar-refractivity contribution in [2.45, 2.75) is 41.2 Å². The van der Waals surface area contributed by atoms with Crippen molar-refractivity contribution in [3.05, 3.63) is 48.0 Å². The van der Waals surface area contributed by atoms with Gasteiger partial charge in [0.2, 0.25) is 15.9 Å². The van der Waals surface area contributed by atoms with Crippen LogP contribution in [0.4, 0.5) is 11.4 Å². The van der Waals surface area contributed by atoms with E-state index in [2.05, 4.69) is 10.6 Å². The first-order chi connectivity index (χ1) is 14.3. The average molecular weight is 446 g/mol. The number of hydrogen-bond donors (Lipinski definition) is 2. The minimum atomic E-state index is -3.50. The third-order valence-corrected chi connectivity index (χ3v) is 8.33. The fraction of sp³-hybridized carbons (Fsp3) is 0.333. The van der Waals surface area contributed by atoms with E-state index in [4.69, 9.17) is 0 Å². The molecule has 7 nitrogen and oxygen atoms in total. The monoisotopic (exact) mass is 445 g/mol. The third kappa shape index (κ3) is 4.23. The lowest BCUT2D eigenvalue weighted by Crippen LogP contribution is -2.35. The molecule has 2 aromatic carbocycles. The van der Waals surface area contributed by atoms with Crippen molar-refractivity contribution in [2.75, 3.05) is 23.7 Å². The molecule has 9 heteroatoms. The summed E-state index contributed by atoms with van der Waals surface area (Å²) in [6.45, 7) is 2.93. The maximum absolute atomic E-state index is 12.7. The van der Waals surface area contributed by atoms with Gasteiger partial charge in [-0.3, -0.25) is 9.59 Å². The molecular formula is C21H23N3O4S2. The molecule has 0 spiro atoms. The number of nitrogens with zero attached hydrogens (tertiary/aromatic N) is 1. The first kappa shape index (κ1) is 20.9. The molecular weight excluding hydrogens is 422 g/mol. The molecule has 1 unspecified atom stereocenters. The Morgan fingerprint density at radius 1 is 1.10 bits per heavy atom. The lowest BCUT2D eigenvalue weighted by molar-refractivity contribution is -0.115. The van der Waals surface area contributed by atoms with Crippen molar-refractivity contribution in [3.8, 4) is 0 Å². The van der Waals surface area contributed by atoms with Crippen LogP contribution in [0.2, 0.25) is 0 Å². The number of thioether (sulfide) groups is 1. The van der Waals surface area contributed by atoms with Crippen molar-refractivity contribution < 1.29 is 18.0 Å². The van der Waals surface area contributed by atoms with Crippen molar-refractivity contribution in [1.29, 1.82) is 0 Å². The van der Waals surface area contributed by atoms with Gasteiger partial charge in [0.1, 0.15) is 0 Å². The third-order valence-electron chi connectivity index (χ3n) is 5.24. The highest BCUT2D eigenvalue weighted by Gasteiger charge is 2.26. The zero-order valence-corrected chi connectivity index (χ0v) is 18.2. The van der Waals surface area contributed by atoms with Gasteiger partial charge in [-0.2, -0.15) is 4.31 Å². The predicted molar refractivity (Wildman–Crippen MR) is 117 cm³/mol. The number of sulfonamides is 1. The van der Waals surface area contributed by atoms with Gasteiger partial charge in [0.25, 0.3) is 5.91 Å². The molecule has 0 aliphatic carbocycles. The number of nitrogens with one attached hydrogen (secondary N) is 2. The zero-order chi connectivity index (χ0) is 21.3.